The van der Waals surface area contributed by atoms with Crippen molar-refractivity contribution < 1.29 is 10.0 Å². The molecule has 0 unspecified atom stereocenters. The Morgan fingerprint density at radius 1 is 1.36 bits per heavy atom. The minimum Gasteiger partial charge on any atom is -0.396 e. The van der Waals surface area contributed by atoms with E-state index in [4.69, 9.17) is 5.11 Å². The van der Waals surface area contributed by atoms with Gasteiger partial charge in [-0.05, 0) is 37.6 Å². The first kappa shape index (κ1) is 16.7. The second-order valence-electron chi connectivity index (χ2n) is 5.68. The fourth-order valence-electron chi connectivity index (χ4n) is 2.44. The molecule has 0 saturated carbocycles. The van der Waals surface area contributed by atoms with Crippen LogP contribution in [0.5, 0.6) is 0 Å². The number of H-pyrrole nitrogens is 1. The number of rotatable bonds is 7. The van der Waals surface area contributed by atoms with Crippen molar-refractivity contribution in [3.63, 3.8) is 0 Å². The molecule has 9 heteroatoms. The van der Waals surface area contributed by atoms with Gasteiger partial charge in [0.15, 0.2) is 0 Å². The molecule has 0 aliphatic rings. The van der Waals surface area contributed by atoms with E-state index in [0.29, 0.717) is 17.9 Å². The van der Waals surface area contributed by atoms with Gasteiger partial charge >= 0.3 is 5.69 Å². The van der Waals surface area contributed by atoms with Crippen molar-refractivity contribution in [2.45, 2.75) is 19.4 Å². The van der Waals surface area contributed by atoms with E-state index in [2.05, 4.69) is 25.8 Å². The predicted molar refractivity (Wildman–Crippen MR) is 95.1 cm³/mol. The monoisotopic (exact) mass is 342 g/mol. The third-order valence-electron chi connectivity index (χ3n) is 3.73. The Hall–Kier alpha value is -3.20. The summed E-state index contributed by atoms with van der Waals surface area (Å²) in [6.45, 7) is 1.95. The molecular weight excluding hydrogens is 324 g/mol. The summed E-state index contributed by atoms with van der Waals surface area (Å²) < 4.78 is 0. The maximum atomic E-state index is 11.3. The summed E-state index contributed by atoms with van der Waals surface area (Å²) in [4.78, 5) is 15.1. The highest BCUT2D eigenvalue weighted by Gasteiger charge is 2.17. The predicted octanol–water partition coefficient (Wildman–Crippen LogP) is 2.79. The first-order valence-corrected chi connectivity index (χ1v) is 7.80. The third kappa shape index (κ3) is 3.83. The summed E-state index contributed by atoms with van der Waals surface area (Å²) in [6.07, 6.45) is 2.25. The van der Waals surface area contributed by atoms with Crippen LogP contribution in [0.3, 0.4) is 0 Å². The summed E-state index contributed by atoms with van der Waals surface area (Å²) in [6, 6.07) is 8.42. The number of aliphatic hydroxyl groups excluding tert-OH is 1. The van der Waals surface area contributed by atoms with Crippen LogP contribution in [-0.4, -0.2) is 37.9 Å². The number of aromatic nitrogens is 3. The Labute approximate surface area is 143 Å². The fraction of sp³-hybridized carbons (Fsp3) is 0.250. The van der Waals surface area contributed by atoms with Gasteiger partial charge in [-0.25, -0.2) is 4.98 Å². The molecule has 0 radical (unpaired) electrons. The van der Waals surface area contributed by atoms with E-state index in [1.54, 1.807) is 18.3 Å². The Bertz CT molecular complexity index is 894. The second-order valence-corrected chi connectivity index (χ2v) is 5.68. The van der Waals surface area contributed by atoms with Crippen LogP contribution in [0.1, 0.15) is 13.3 Å². The molecule has 0 amide bonds. The highest BCUT2D eigenvalue weighted by atomic mass is 16.6. The molecule has 1 atom stereocenters. The maximum absolute atomic E-state index is 11.3. The molecule has 0 saturated heterocycles. The molecule has 25 heavy (non-hydrogen) atoms. The van der Waals surface area contributed by atoms with Gasteiger partial charge in [-0.1, -0.05) is 0 Å². The zero-order chi connectivity index (χ0) is 17.8. The number of anilines is 3. The lowest BCUT2D eigenvalue weighted by molar-refractivity contribution is -0.384. The van der Waals surface area contributed by atoms with Crippen LogP contribution < -0.4 is 10.6 Å². The SMILES string of the molecule is C[C@@H](CCO)Nc1ccc([N+](=O)[O-])c(Nc2ccc3cn[nH]c3c2)n1. The van der Waals surface area contributed by atoms with Crippen molar-refractivity contribution in [1.29, 1.82) is 0 Å². The van der Waals surface area contributed by atoms with E-state index in [0.717, 1.165) is 10.9 Å². The van der Waals surface area contributed by atoms with Gasteiger partial charge in [0.2, 0.25) is 5.82 Å². The molecule has 3 aromatic rings. The number of nitrogens with zero attached hydrogens (tertiary/aromatic N) is 3. The smallest absolute Gasteiger partial charge is 0.311 e. The Kier molecular flexibility index (Phi) is 4.75. The second kappa shape index (κ2) is 7.14. The average Bonchev–Trinajstić information content (AvgIpc) is 3.02. The van der Waals surface area contributed by atoms with Gasteiger partial charge < -0.3 is 15.7 Å². The minimum atomic E-state index is -0.481. The van der Waals surface area contributed by atoms with Crippen LogP contribution in [0.2, 0.25) is 0 Å². The Balaban J connectivity index is 1.89. The molecule has 0 spiro atoms. The van der Waals surface area contributed by atoms with Crippen LogP contribution in [0, 0.1) is 10.1 Å². The normalized spacial score (nSPS) is 12.1. The fourth-order valence-corrected chi connectivity index (χ4v) is 2.44. The molecule has 0 aliphatic heterocycles. The van der Waals surface area contributed by atoms with Crippen molar-refractivity contribution in [3.05, 3.63) is 46.6 Å². The molecule has 9 nitrogen and oxygen atoms in total. The molecule has 2 heterocycles. The Morgan fingerprint density at radius 2 is 2.20 bits per heavy atom. The van der Waals surface area contributed by atoms with Gasteiger partial charge in [-0.15, -0.1) is 0 Å². The molecular formula is C16H18N6O3. The summed E-state index contributed by atoms with van der Waals surface area (Å²) in [7, 11) is 0. The molecule has 130 valence electrons. The number of nitro groups is 1. The molecule has 0 fully saturated rings. The van der Waals surface area contributed by atoms with E-state index in [9.17, 15) is 10.1 Å². The lowest BCUT2D eigenvalue weighted by Gasteiger charge is -2.14. The first-order valence-electron chi connectivity index (χ1n) is 7.80. The number of benzene rings is 1. The summed E-state index contributed by atoms with van der Waals surface area (Å²) >= 11 is 0. The number of nitrogens with one attached hydrogen (secondary N) is 3. The topological polar surface area (TPSA) is 129 Å². The number of hydrogen-bond donors (Lipinski definition) is 4. The molecule has 1 aromatic carbocycles. The van der Waals surface area contributed by atoms with E-state index >= 15 is 0 Å². The summed E-state index contributed by atoms with van der Waals surface area (Å²) in [5.74, 6) is 0.640. The van der Waals surface area contributed by atoms with Gasteiger partial charge in [0.25, 0.3) is 0 Å². The van der Waals surface area contributed by atoms with Gasteiger partial charge in [0, 0.05) is 29.8 Å². The lowest BCUT2D eigenvalue weighted by atomic mass is 10.2. The number of pyridine rings is 1. The number of fused-ring (bicyclic) bond motifs is 1. The van der Waals surface area contributed by atoms with Gasteiger partial charge in [-0.2, -0.15) is 5.10 Å². The van der Waals surface area contributed by atoms with Crippen molar-refractivity contribution in [3.8, 4) is 0 Å². The number of aromatic amines is 1. The standard InChI is InChI=1S/C16H18N6O3/c1-10(6-7-23)18-15-5-4-14(22(24)25)16(20-15)19-12-3-2-11-9-17-21-13(11)8-12/h2-5,8-10,23H,6-7H2,1H3,(H,17,21)(H2,18,19,20)/t10-/m0/s1. The van der Waals surface area contributed by atoms with Crippen molar-refractivity contribution in [2.24, 2.45) is 0 Å². The minimum absolute atomic E-state index is 0.00634. The molecule has 4 N–H and O–H groups in total. The lowest BCUT2D eigenvalue weighted by Crippen LogP contribution is -2.17. The molecule has 2 aromatic heterocycles. The molecule has 3 rings (SSSR count). The van der Waals surface area contributed by atoms with Crippen molar-refractivity contribution in [1.82, 2.24) is 15.2 Å². The van der Waals surface area contributed by atoms with Crippen LogP contribution in [0.25, 0.3) is 10.9 Å². The highest BCUT2D eigenvalue weighted by Crippen LogP contribution is 2.28. The zero-order valence-corrected chi connectivity index (χ0v) is 13.6. The largest absolute Gasteiger partial charge is 0.396 e. The van der Waals surface area contributed by atoms with Crippen LogP contribution in [0.15, 0.2) is 36.5 Å². The molecule has 0 bridgehead atoms. The average molecular weight is 342 g/mol. The van der Waals surface area contributed by atoms with Crippen molar-refractivity contribution in [2.75, 3.05) is 17.2 Å². The van der Waals surface area contributed by atoms with E-state index in [1.807, 2.05) is 19.1 Å². The van der Waals surface area contributed by atoms with Crippen LogP contribution >= 0.6 is 0 Å². The highest BCUT2D eigenvalue weighted by molar-refractivity contribution is 5.83. The maximum Gasteiger partial charge on any atom is 0.311 e. The van der Waals surface area contributed by atoms with Crippen LogP contribution in [-0.2, 0) is 0 Å². The van der Waals surface area contributed by atoms with Crippen LogP contribution in [0.4, 0.5) is 23.0 Å². The summed E-state index contributed by atoms with van der Waals surface area (Å²) in [5.41, 5.74) is 1.36. The summed E-state index contributed by atoms with van der Waals surface area (Å²) in [5, 5.41) is 34.1. The first-order chi connectivity index (χ1) is 12.1. The number of hydrogen-bond acceptors (Lipinski definition) is 7. The van der Waals surface area contributed by atoms with Gasteiger partial charge in [-0.3, -0.25) is 15.2 Å². The zero-order valence-electron chi connectivity index (χ0n) is 13.6. The third-order valence-corrected chi connectivity index (χ3v) is 3.73. The quantitative estimate of drug-likeness (QED) is 0.384. The van der Waals surface area contributed by atoms with Gasteiger partial charge in [0.1, 0.15) is 5.82 Å². The van der Waals surface area contributed by atoms with E-state index in [1.165, 1.54) is 6.07 Å². The van der Waals surface area contributed by atoms with E-state index < -0.39 is 4.92 Å². The Morgan fingerprint density at radius 3 is 2.96 bits per heavy atom. The van der Waals surface area contributed by atoms with Crippen molar-refractivity contribution >= 4 is 33.9 Å². The number of aliphatic hydroxyl groups is 1. The molecule has 0 aliphatic carbocycles. The van der Waals surface area contributed by atoms with E-state index in [-0.39, 0.29) is 24.2 Å². The van der Waals surface area contributed by atoms with Gasteiger partial charge in [0.05, 0.1) is 16.6 Å².